The van der Waals surface area contributed by atoms with Crippen LogP contribution in [0.3, 0.4) is 0 Å². The molecule has 3 aliphatic rings. The van der Waals surface area contributed by atoms with Crippen molar-refractivity contribution in [3.05, 3.63) is 0 Å². The van der Waals surface area contributed by atoms with Gasteiger partial charge in [-0.2, -0.15) is 10.5 Å². The van der Waals surface area contributed by atoms with Crippen molar-refractivity contribution in [3.8, 4) is 12.5 Å². The quantitative estimate of drug-likeness (QED) is 0.714. The Labute approximate surface area is 107 Å². The Morgan fingerprint density at radius 2 is 1.61 bits per heavy atom. The first kappa shape index (κ1) is 11.7. The van der Waals surface area contributed by atoms with Crippen LogP contribution in [0.15, 0.2) is 0 Å². The fourth-order valence-corrected chi connectivity index (χ4v) is 5.09. The Kier molecular flexibility index (Phi) is 3.04. The first-order valence-electron chi connectivity index (χ1n) is 6.87. The van der Waals surface area contributed by atoms with Gasteiger partial charge in [-0.3, -0.25) is 0 Å². The molecule has 0 spiro atoms. The van der Waals surface area contributed by atoms with Crippen molar-refractivity contribution in [1.29, 1.82) is 10.5 Å². The van der Waals surface area contributed by atoms with Crippen molar-refractivity contribution in [2.75, 3.05) is 13.2 Å². The Morgan fingerprint density at radius 3 is 2.33 bits per heavy atom. The number of nitriles is 2. The van der Waals surface area contributed by atoms with Gasteiger partial charge in [0.25, 0.3) is 12.5 Å². The van der Waals surface area contributed by atoms with E-state index in [0.29, 0.717) is 25.0 Å². The third-order valence-corrected chi connectivity index (χ3v) is 5.51. The molecule has 4 nitrogen and oxygen atoms in total. The Hall–Kier alpha value is -1.42. The molecule has 0 aromatic heterocycles. The van der Waals surface area contributed by atoms with E-state index in [2.05, 4.69) is 0 Å². The van der Waals surface area contributed by atoms with Gasteiger partial charge in [-0.1, -0.05) is 0 Å². The third-order valence-electron chi connectivity index (χ3n) is 5.51. The molecule has 3 aliphatic carbocycles. The van der Waals surface area contributed by atoms with Crippen LogP contribution in [0, 0.1) is 58.5 Å². The van der Waals surface area contributed by atoms with E-state index in [4.69, 9.17) is 20.0 Å². The smallest absolute Gasteiger partial charge is 0.286 e. The lowest BCUT2D eigenvalue weighted by Crippen LogP contribution is -2.30. The minimum atomic E-state index is 0.586. The molecule has 0 heterocycles. The molecule has 0 aromatic carbocycles. The summed E-state index contributed by atoms with van der Waals surface area (Å²) in [4.78, 5) is 0. The van der Waals surface area contributed by atoms with Gasteiger partial charge in [0.1, 0.15) is 13.2 Å². The van der Waals surface area contributed by atoms with Crippen LogP contribution in [0.2, 0.25) is 0 Å². The molecule has 2 bridgehead atoms. The second kappa shape index (κ2) is 4.69. The minimum absolute atomic E-state index is 0.586. The summed E-state index contributed by atoms with van der Waals surface area (Å²) in [6, 6.07) is 0. The van der Waals surface area contributed by atoms with E-state index >= 15 is 0 Å². The van der Waals surface area contributed by atoms with Gasteiger partial charge in [-0.15, -0.1) is 0 Å². The van der Waals surface area contributed by atoms with Gasteiger partial charge >= 0.3 is 0 Å². The normalized spacial score (nSPS) is 44.1. The van der Waals surface area contributed by atoms with Crippen LogP contribution in [0.1, 0.15) is 25.7 Å². The zero-order valence-corrected chi connectivity index (χ0v) is 10.4. The maximum Gasteiger partial charge on any atom is 0.286 e. The van der Waals surface area contributed by atoms with E-state index in [1.807, 2.05) is 0 Å². The number of ether oxygens (including phenoxy) is 2. The van der Waals surface area contributed by atoms with Crippen LogP contribution in [0.4, 0.5) is 0 Å². The summed E-state index contributed by atoms with van der Waals surface area (Å²) in [5.41, 5.74) is 0. The average molecular weight is 246 g/mol. The van der Waals surface area contributed by atoms with Crippen LogP contribution in [0.25, 0.3) is 0 Å². The van der Waals surface area contributed by atoms with Crippen molar-refractivity contribution in [1.82, 2.24) is 0 Å². The van der Waals surface area contributed by atoms with E-state index in [-0.39, 0.29) is 0 Å². The molecule has 6 unspecified atom stereocenters. The first-order valence-corrected chi connectivity index (χ1v) is 6.87. The van der Waals surface area contributed by atoms with E-state index in [9.17, 15) is 0 Å². The van der Waals surface area contributed by atoms with Gasteiger partial charge in [0.2, 0.25) is 0 Å². The molecular weight excluding hydrogens is 228 g/mol. The Balaban J connectivity index is 1.63. The molecule has 0 saturated heterocycles. The Morgan fingerprint density at radius 1 is 0.889 bits per heavy atom. The number of nitrogens with zero attached hydrogens (tertiary/aromatic N) is 2. The predicted molar refractivity (Wildman–Crippen MR) is 62.5 cm³/mol. The van der Waals surface area contributed by atoms with E-state index in [1.165, 1.54) is 25.7 Å². The second-order valence-electron chi connectivity index (χ2n) is 6.04. The lowest BCUT2D eigenvalue weighted by atomic mass is 9.73. The summed E-state index contributed by atoms with van der Waals surface area (Å²) >= 11 is 0. The minimum Gasteiger partial charge on any atom is -0.427 e. The fraction of sp³-hybridized carbons (Fsp3) is 0.857. The highest BCUT2D eigenvalue weighted by Crippen LogP contribution is 2.62. The number of fused-ring (bicyclic) bond motifs is 5. The average Bonchev–Trinajstić information content (AvgIpc) is 3.05. The van der Waals surface area contributed by atoms with Gasteiger partial charge in [-0.25, -0.2) is 0 Å². The molecule has 18 heavy (non-hydrogen) atoms. The van der Waals surface area contributed by atoms with Crippen LogP contribution in [-0.4, -0.2) is 13.2 Å². The molecule has 96 valence electrons. The van der Waals surface area contributed by atoms with Gasteiger partial charge in [0, 0.05) is 0 Å². The van der Waals surface area contributed by atoms with Gasteiger partial charge in [0.15, 0.2) is 0 Å². The molecular formula is C14H18N2O2. The standard InChI is InChI=1S/C14H18N2O2/c15-7-17-5-9-1-2-12-13-4-10(14(9)12)3-11(13)6-18-8-16/h9-14H,1-6H2. The SMILES string of the molecule is N#COCC1CC2CC1C1CCC(COC#N)C21. The van der Waals surface area contributed by atoms with Crippen LogP contribution < -0.4 is 0 Å². The molecule has 0 N–H and O–H groups in total. The lowest BCUT2D eigenvalue weighted by Gasteiger charge is -2.32. The summed E-state index contributed by atoms with van der Waals surface area (Å²) in [5.74, 6) is 4.27. The Bertz CT molecular complexity index is 398. The molecule has 0 aromatic rings. The fourth-order valence-electron chi connectivity index (χ4n) is 5.09. The first-order chi connectivity index (χ1) is 8.85. The second-order valence-corrected chi connectivity index (χ2v) is 6.04. The largest absolute Gasteiger partial charge is 0.427 e. The molecule has 3 fully saturated rings. The molecule has 0 radical (unpaired) electrons. The highest BCUT2D eigenvalue weighted by Gasteiger charge is 2.57. The molecule has 0 aliphatic heterocycles. The molecule has 0 amide bonds. The maximum absolute atomic E-state index is 8.52. The molecule has 4 heteroatoms. The van der Waals surface area contributed by atoms with Crippen LogP contribution in [-0.2, 0) is 9.47 Å². The third kappa shape index (κ3) is 1.72. The van der Waals surface area contributed by atoms with Crippen LogP contribution >= 0.6 is 0 Å². The zero-order valence-electron chi connectivity index (χ0n) is 10.4. The van der Waals surface area contributed by atoms with Gasteiger partial charge in [0.05, 0.1) is 0 Å². The van der Waals surface area contributed by atoms with Crippen molar-refractivity contribution in [2.45, 2.75) is 25.7 Å². The van der Waals surface area contributed by atoms with Gasteiger partial charge < -0.3 is 9.47 Å². The highest BCUT2D eigenvalue weighted by atomic mass is 16.5. The number of hydrogen-bond acceptors (Lipinski definition) is 4. The maximum atomic E-state index is 8.52. The van der Waals surface area contributed by atoms with E-state index in [0.717, 1.165) is 23.7 Å². The van der Waals surface area contributed by atoms with E-state index < -0.39 is 0 Å². The lowest BCUT2D eigenvalue weighted by molar-refractivity contribution is 0.0868. The van der Waals surface area contributed by atoms with E-state index in [1.54, 1.807) is 12.5 Å². The topological polar surface area (TPSA) is 66.0 Å². The summed E-state index contributed by atoms with van der Waals surface area (Å²) in [6.45, 7) is 1.22. The van der Waals surface area contributed by atoms with Crippen LogP contribution in [0.5, 0.6) is 0 Å². The monoisotopic (exact) mass is 246 g/mol. The summed E-state index contributed by atoms with van der Waals surface area (Å²) < 4.78 is 9.91. The van der Waals surface area contributed by atoms with Crippen molar-refractivity contribution >= 4 is 0 Å². The zero-order chi connectivity index (χ0) is 12.5. The molecule has 6 atom stereocenters. The summed E-state index contributed by atoms with van der Waals surface area (Å²) in [5, 5.41) is 17.0. The van der Waals surface area contributed by atoms with Crippen molar-refractivity contribution < 1.29 is 9.47 Å². The predicted octanol–water partition coefficient (Wildman–Crippen LogP) is 2.28. The molecule has 3 saturated carbocycles. The number of hydrogen-bond donors (Lipinski definition) is 0. The van der Waals surface area contributed by atoms with Crippen molar-refractivity contribution in [2.24, 2.45) is 35.5 Å². The van der Waals surface area contributed by atoms with Gasteiger partial charge in [-0.05, 0) is 61.2 Å². The number of rotatable bonds is 4. The summed E-state index contributed by atoms with van der Waals surface area (Å²) in [6.07, 6.45) is 8.58. The summed E-state index contributed by atoms with van der Waals surface area (Å²) in [7, 11) is 0. The molecule has 3 rings (SSSR count). The highest BCUT2D eigenvalue weighted by molar-refractivity contribution is 5.05. The van der Waals surface area contributed by atoms with Crippen molar-refractivity contribution in [3.63, 3.8) is 0 Å².